The minimum atomic E-state index is -4.94. The molecule has 0 fully saturated rings. The number of hydrogen-bond acceptors (Lipinski definition) is 13. The molecule has 3 amide bonds. The van der Waals surface area contributed by atoms with Crippen LogP contribution in [0.5, 0.6) is 11.5 Å². The highest BCUT2D eigenvalue weighted by Gasteiger charge is 2.54. The van der Waals surface area contributed by atoms with Gasteiger partial charge >= 0.3 is 50.3 Å². The molecule has 1 spiro atoms. The monoisotopic (exact) mass is 1260 g/mol. The van der Waals surface area contributed by atoms with Crippen LogP contribution in [0.3, 0.4) is 0 Å². The number of fused-ring (bicyclic) bond motifs is 8. The first kappa shape index (κ1) is 67.1. The van der Waals surface area contributed by atoms with E-state index >= 15 is 0 Å². The van der Waals surface area contributed by atoms with Gasteiger partial charge in [-0.25, -0.2) is 4.79 Å². The maximum atomic E-state index is 14.0. The zero-order valence-corrected chi connectivity index (χ0v) is 49.7. The van der Waals surface area contributed by atoms with E-state index in [1.54, 1.807) is 71.4 Å². The van der Waals surface area contributed by atoms with Gasteiger partial charge in [-0.1, -0.05) is 64.6 Å². The van der Waals surface area contributed by atoms with Gasteiger partial charge < -0.3 is 34.9 Å². The van der Waals surface area contributed by atoms with Crippen molar-refractivity contribution in [1.82, 2.24) is 16.0 Å². The first-order valence-electron chi connectivity index (χ1n) is 26.5. The Bertz CT molecular complexity index is 2960. The second-order valence-electron chi connectivity index (χ2n) is 21.4. The van der Waals surface area contributed by atoms with Crippen molar-refractivity contribution >= 4 is 82.2 Å². The summed E-state index contributed by atoms with van der Waals surface area (Å²) in [5, 5.41) is 7.91. The molecule has 448 valence electrons. The first-order valence-corrected chi connectivity index (χ1v) is 28.7. The van der Waals surface area contributed by atoms with Crippen LogP contribution in [0.25, 0.3) is 10.8 Å². The Hall–Kier alpha value is -5.71. The number of methoxy groups -OCH3 is 1. The standard InChI is InChI=1S/C45H49BrClNO8.C12H17F6N2O5P/c1-43(2,3)41(51)54-35-24-27-22-32-33(45(37(27)30-15-11-10-14-29(30)35)34-25-28(46)17-18-31(34)40(50)56-45)23-26(39(38(32)47)55-42(52)44(4,5)6)16-19-36(49)48-20-12-8-9-13-21-53-7;13-11(14,15)9(21)19-5-1-3-7-24-26(23)25-8-4-2-6-20-10(22)12(16,17)18/h10-11,14-15,17-18,23-25H,8-9,12-13,16,19-22H2,1-7H3,(H,48,49);1-8H2,(H-,19,20,21,22)/p+1. The minimum Gasteiger partial charge on any atom is -0.441 e. The summed E-state index contributed by atoms with van der Waals surface area (Å²) in [5.41, 5.74) is 1.02. The largest absolute Gasteiger partial charge is 0.697 e. The predicted octanol–water partition coefficient (Wildman–Crippen LogP) is 12.4. The molecule has 0 bridgehead atoms. The van der Waals surface area contributed by atoms with E-state index in [-0.39, 0.29) is 87.9 Å². The van der Waals surface area contributed by atoms with Gasteiger partial charge in [-0.2, -0.15) is 26.3 Å². The van der Waals surface area contributed by atoms with Gasteiger partial charge in [-0.15, -0.1) is 9.05 Å². The van der Waals surface area contributed by atoms with Gasteiger partial charge in [0.1, 0.15) is 19.0 Å². The molecule has 1 aliphatic heterocycles. The summed E-state index contributed by atoms with van der Waals surface area (Å²) in [5.74, 6) is -5.11. The van der Waals surface area contributed by atoms with Gasteiger partial charge in [0.25, 0.3) is 0 Å². The van der Waals surface area contributed by atoms with Gasteiger partial charge in [0, 0.05) is 77.3 Å². The summed E-state index contributed by atoms with van der Waals surface area (Å²) >= 11 is 11.0. The molecule has 16 nitrogen and oxygen atoms in total. The number of nitrogens with one attached hydrogen (secondary N) is 3. The van der Waals surface area contributed by atoms with Crippen LogP contribution in [0.2, 0.25) is 5.02 Å². The fourth-order valence-corrected chi connectivity index (χ4v) is 9.97. The van der Waals surface area contributed by atoms with Crippen LogP contribution in [0, 0.1) is 10.8 Å². The molecule has 0 aromatic heterocycles. The fourth-order valence-electron chi connectivity index (χ4n) is 8.65. The first-order chi connectivity index (χ1) is 38.4. The number of alkyl halides is 6. The van der Waals surface area contributed by atoms with Crippen LogP contribution in [0.1, 0.15) is 143 Å². The molecule has 1 heterocycles. The lowest BCUT2D eigenvalue weighted by atomic mass is 9.69. The van der Waals surface area contributed by atoms with E-state index in [9.17, 15) is 59.7 Å². The van der Waals surface area contributed by atoms with Gasteiger partial charge in [0.2, 0.25) is 5.91 Å². The van der Waals surface area contributed by atoms with Gasteiger partial charge in [-0.05, 0) is 139 Å². The van der Waals surface area contributed by atoms with Gasteiger partial charge in [-0.3, -0.25) is 24.0 Å². The summed E-state index contributed by atoms with van der Waals surface area (Å²) in [6.07, 6.45) is -4.72. The zero-order chi connectivity index (χ0) is 60.8. The molecular weight excluding hydrogens is 1190 g/mol. The third-order valence-electron chi connectivity index (χ3n) is 12.9. The van der Waals surface area contributed by atoms with Crippen molar-refractivity contribution in [2.75, 3.05) is 46.6 Å². The van der Waals surface area contributed by atoms with E-state index in [1.807, 2.05) is 42.5 Å². The summed E-state index contributed by atoms with van der Waals surface area (Å²) in [7, 11) is -0.780. The Morgan fingerprint density at radius 2 is 1.23 bits per heavy atom. The molecule has 2 aliphatic rings. The molecule has 4 aromatic carbocycles. The van der Waals surface area contributed by atoms with Gasteiger partial charge in [0.05, 0.1) is 21.4 Å². The number of amides is 3. The fraction of sp³-hybridized carbons (Fsp3) is 0.509. The summed E-state index contributed by atoms with van der Waals surface area (Å²) in [4.78, 5) is 74.9. The van der Waals surface area contributed by atoms with E-state index < -0.39 is 66.8 Å². The molecule has 25 heteroatoms. The number of unbranched alkanes of at least 4 members (excludes halogenated alkanes) is 5. The number of esters is 3. The smallest absolute Gasteiger partial charge is 0.441 e. The van der Waals surface area contributed by atoms with E-state index in [0.717, 1.165) is 47.7 Å². The van der Waals surface area contributed by atoms with Crippen LogP contribution >= 0.6 is 35.8 Å². The molecule has 0 radical (unpaired) electrons. The highest BCUT2D eigenvalue weighted by molar-refractivity contribution is 9.10. The highest BCUT2D eigenvalue weighted by atomic mass is 79.9. The van der Waals surface area contributed by atoms with Crippen molar-refractivity contribution in [2.24, 2.45) is 10.8 Å². The van der Waals surface area contributed by atoms with E-state index in [2.05, 4.69) is 21.2 Å². The third kappa shape index (κ3) is 17.9. The number of carbonyl (C=O) groups is 6. The van der Waals surface area contributed by atoms with Crippen molar-refractivity contribution in [3.05, 3.63) is 103 Å². The van der Waals surface area contributed by atoms with Crippen LogP contribution in [-0.4, -0.2) is 94.5 Å². The number of hydrogen-bond donors (Lipinski definition) is 3. The Labute approximate surface area is 485 Å². The average molecular weight is 1260 g/mol. The van der Waals surface area contributed by atoms with Crippen LogP contribution in [-0.2, 0) is 65.5 Å². The van der Waals surface area contributed by atoms with Crippen molar-refractivity contribution in [2.45, 2.75) is 130 Å². The molecule has 1 aliphatic carbocycles. The predicted molar refractivity (Wildman–Crippen MR) is 296 cm³/mol. The van der Waals surface area contributed by atoms with Crippen molar-refractivity contribution in [3.63, 3.8) is 0 Å². The molecule has 1 atom stereocenters. The number of rotatable bonds is 24. The molecule has 6 rings (SSSR count). The molecule has 82 heavy (non-hydrogen) atoms. The molecule has 0 saturated carbocycles. The molecule has 0 saturated heterocycles. The SMILES string of the molecule is COCCCCCCNC(=O)CCc1cc2c(c(Cl)c1OC(=O)C(C)(C)C)Cc1cc(OC(=O)C(C)(C)C)c3ccccc3c1C21OC(=O)c2ccc(Br)cc21.O=C(NCCCCO[P+](=O)OCCCCNC(=O)C(F)(F)F)C(F)(F)F. The second kappa shape index (κ2) is 29.2. The lowest BCUT2D eigenvalue weighted by molar-refractivity contribution is -0.173. The Morgan fingerprint density at radius 1 is 0.695 bits per heavy atom. The topological polar surface area (TPSA) is 211 Å². The Balaban J connectivity index is 0.000000400. The maximum Gasteiger partial charge on any atom is 0.697 e. The lowest BCUT2D eigenvalue weighted by Crippen LogP contribution is -2.37. The zero-order valence-electron chi connectivity index (χ0n) is 46.5. The molecule has 3 N–H and O–H groups in total. The summed E-state index contributed by atoms with van der Waals surface area (Å²) in [6.45, 7) is 11.3. The van der Waals surface area contributed by atoms with Crippen molar-refractivity contribution < 1.29 is 87.7 Å². The second-order valence-corrected chi connectivity index (χ2v) is 23.7. The molecule has 4 aromatic rings. The van der Waals surface area contributed by atoms with Gasteiger partial charge in [0.15, 0.2) is 11.4 Å². The van der Waals surface area contributed by atoms with Crippen LogP contribution < -0.4 is 25.4 Å². The normalized spacial score (nSPS) is 14.6. The summed E-state index contributed by atoms with van der Waals surface area (Å²) in [6, 6.07) is 16.7. The van der Waals surface area contributed by atoms with Crippen molar-refractivity contribution in [1.29, 1.82) is 0 Å². The minimum absolute atomic E-state index is 0.0707. The lowest BCUT2D eigenvalue weighted by Gasteiger charge is -2.39. The number of carbonyl (C=O) groups excluding carboxylic acids is 6. The number of ether oxygens (including phenoxy) is 4. The average Bonchev–Trinajstić information content (AvgIpc) is 1.80. The van der Waals surface area contributed by atoms with Crippen LogP contribution in [0.15, 0.2) is 59.1 Å². The van der Waals surface area contributed by atoms with E-state index in [0.29, 0.717) is 51.1 Å². The quantitative estimate of drug-likeness (QED) is 0.0196. The number of aryl methyl sites for hydroxylation is 1. The number of benzene rings is 4. The van der Waals surface area contributed by atoms with Crippen molar-refractivity contribution in [3.8, 4) is 11.5 Å². The maximum absolute atomic E-state index is 14.0. The molecule has 1 unspecified atom stereocenters. The number of halogens is 8. The van der Waals surface area contributed by atoms with E-state index in [1.165, 1.54) is 0 Å². The van der Waals surface area contributed by atoms with E-state index in [4.69, 9.17) is 39.6 Å². The third-order valence-corrected chi connectivity index (χ3v) is 14.6. The molecular formula is C57H67BrClF6N3O13P+. The summed E-state index contributed by atoms with van der Waals surface area (Å²) < 4.78 is 117. The Morgan fingerprint density at radius 3 is 1.80 bits per heavy atom. The Kier molecular flexibility index (Phi) is 23.9. The van der Waals surface area contributed by atoms with Crippen LogP contribution in [0.4, 0.5) is 26.3 Å². The highest BCUT2D eigenvalue weighted by Crippen LogP contribution is 2.58.